The lowest BCUT2D eigenvalue weighted by atomic mass is 9.98. The maximum atomic E-state index is 13.0. The summed E-state index contributed by atoms with van der Waals surface area (Å²) in [4.78, 5) is 13.0. The molecule has 11 atom stereocenters. The molecule has 0 spiro atoms. The van der Waals surface area contributed by atoms with Crippen molar-refractivity contribution in [3.05, 3.63) is 72.9 Å². The van der Waals surface area contributed by atoms with E-state index in [-0.39, 0.29) is 19.6 Å². The number of carbonyl (C=O) groups is 1. The zero-order valence-corrected chi connectivity index (χ0v) is 42.3. The van der Waals surface area contributed by atoms with Crippen molar-refractivity contribution in [3.63, 3.8) is 0 Å². The van der Waals surface area contributed by atoms with Crippen LogP contribution in [0.25, 0.3) is 0 Å². The van der Waals surface area contributed by atoms with Crippen LogP contribution in [0.15, 0.2) is 72.9 Å². The zero-order valence-electron chi connectivity index (χ0n) is 42.3. The van der Waals surface area contributed by atoms with Gasteiger partial charge in [0.05, 0.1) is 26.4 Å². The summed E-state index contributed by atoms with van der Waals surface area (Å²) in [5.74, 6) is -0.402. The Hall–Kier alpha value is -2.57. The highest BCUT2D eigenvalue weighted by atomic mass is 16.7. The van der Waals surface area contributed by atoms with E-state index in [2.05, 4.69) is 86.8 Å². The number of esters is 1. The van der Waals surface area contributed by atoms with Crippen molar-refractivity contribution in [2.75, 3.05) is 33.0 Å². The molecule has 0 aliphatic carbocycles. The van der Waals surface area contributed by atoms with Gasteiger partial charge in [-0.15, -0.1) is 0 Å². The summed E-state index contributed by atoms with van der Waals surface area (Å²) < 4.78 is 34.2. The quantitative estimate of drug-likeness (QED) is 0.0175. The largest absolute Gasteiger partial charge is 0.457 e. The predicted molar refractivity (Wildman–Crippen MR) is 270 cm³/mol. The smallest absolute Gasteiger partial charge is 0.306 e. The topological polar surface area (TPSA) is 214 Å². The molecule has 69 heavy (non-hydrogen) atoms. The molecule has 14 heteroatoms. The predicted octanol–water partition coefficient (Wildman–Crippen LogP) is 8.29. The number of hydrogen-bond acceptors (Lipinski definition) is 14. The van der Waals surface area contributed by atoms with Crippen LogP contribution in [0.5, 0.6) is 0 Å². The van der Waals surface area contributed by atoms with Crippen LogP contribution >= 0.6 is 0 Å². The molecule has 0 amide bonds. The SMILES string of the molecule is CC/C=C\C/C=C\C/C=C\C/C=C\CCCOCC(COC1OC(COC2OC(CO)C(O)C(O)C2O)C(O)C(O)C1O)OC(=O)CCCCCCCCCCC/C=C\C/C=C\CCCCCCC. The maximum absolute atomic E-state index is 13.0. The van der Waals surface area contributed by atoms with Crippen LogP contribution in [-0.4, -0.2) is 142 Å². The van der Waals surface area contributed by atoms with Gasteiger partial charge in [0, 0.05) is 13.0 Å². The van der Waals surface area contributed by atoms with Gasteiger partial charge in [0.2, 0.25) is 0 Å². The highest BCUT2D eigenvalue weighted by molar-refractivity contribution is 5.69. The number of hydrogen-bond donors (Lipinski definition) is 7. The summed E-state index contributed by atoms with van der Waals surface area (Å²) in [6.07, 6.45) is 35.5. The van der Waals surface area contributed by atoms with Crippen LogP contribution in [-0.2, 0) is 33.2 Å². The Morgan fingerprint density at radius 3 is 1.48 bits per heavy atom. The van der Waals surface area contributed by atoms with Crippen molar-refractivity contribution >= 4 is 5.97 Å². The molecule has 2 fully saturated rings. The fraction of sp³-hybridized carbons (Fsp3) is 0.764. The van der Waals surface area contributed by atoms with E-state index in [9.17, 15) is 40.5 Å². The van der Waals surface area contributed by atoms with E-state index in [1.807, 2.05) is 0 Å². The zero-order chi connectivity index (χ0) is 50.2. The lowest BCUT2D eigenvalue weighted by molar-refractivity contribution is -0.332. The van der Waals surface area contributed by atoms with Crippen molar-refractivity contribution < 1.29 is 69.0 Å². The molecular formula is C55H94O14. The van der Waals surface area contributed by atoms with E-state index in [4.69, 9.17) is 28.4 Å². The maximum Gasteiger partial charge on any atom is 0.306 e. The Balaban J connectivity index is 1.76. The van der Waals surface area contributed by atoms with Crippen LogP contribution in [0.2, 0.25) is 0 Å². The summed E-state index contributed by atoms with van der Waals surface area (Å²) in [5, 5.41) is 72.1. The monoisotopic (exact) mass is 979 g/mol. The molecule has 0 aromatic rings. The van der Waals surface area contributed by atoms with Crippen molar-refractivity contribution in [1.82, 2.24) is 0 Å². The summed E-state index contributed by atoms with van der Waals surface area (Å²) in [5.41, 5.74) is 0. The first-order chi connectivity index (χ1) is 33.6. The van der Waals surface area contributed by atoms with Crippen LogP contribution in [0.1, 0.15) is 168 Å². The Morgan fingerprint density at radius 2 is 0.942 bits per heavy atom. The second-order valence-corrected chi connectivity index (χ2v) is 18.3. The normalized spacial score (nSPS) is 26.3. The molecule has 2 saturated heterocycles. The number of unbranched alkanes of at least 4 members (excludes halogenated alkanes) is 15. The number of allylic oxidation sites excluding steroid dienone is 12. The van der Waals surface area contributed by atoms with E-state index in [0.29, 0.717) is 13.0 Å². The number of carbonyl (C=O) groups excluding carboxylic acids is 1. The van der Waals surface area contributed by atoms with Crippen LogP contribution in [0.4, 0.5) is 0 Å². The first-order valence-corrected chi connectivity index (χ1v) is 26.5. The van der Waals surface area contributed by atoms with Crippen molar-refractivity contribution in [1.29, 1.82) is 0 Å². The molecule has 0 bridgehead atoms. The summed E-state index contributed by atoms with van der Waals surface area (Å²) in [6.45, 7) is 3.39. The minimum Gasteiger partial charge on any atom is -0.457 e. The highest BCUT2D eigenvalue weighted by Crippen LogP contribution is 2.26. The summed E-state index contributed by atoms with van der Waals surface area (Å²) >= 11 is 0. The minimum absolute atomic E-state index is 0.0184. The standard InChI is InChI=1S/C55H94O14/c1-3-5-7-9-11-13-15-17-19-20-21-22-23-24-25-26-28-30-32-34-36-38-47(57)67-44(41-64-39-37-35-33-31-29-27-18-16-14-12-10-8-6-4-2)42-65-54-53(63)51(61)49(59)46(69-54)43-66-55-52(62)50(60)48(58)45(40-56)68-55/h6,8,12,14-15,17-18,20-21,27,31,33,44-46,48-56,58-63H,3-5,7,9-11,13,16,19,22-26,28-30,32,34-43H2,1-2H3/b8-6-,14-12-,17-15-,21-20-,27-18-,33-31-. The molecule has 2 aliphatic rings. The molecule has 7 N–H and O–H groups in total. The number of ether oxygens (including phenoxy) is 6. The lowest BCUT2D eigenvalue weighted by Crippen LogP contribution is -2.61. The minimum atomic E-state index is -1.72. The molecule has 2 heterocycles. The van der Waals surface area contributed by atoms with Gasteiger partial charge in [0.25, 0.3) is 0 Å². The van der Waals surface area contributed by atoms with Crippen LogP contribution in [0.3, 0.4) is 0 Å². The van der Waals surface area contributed by atoms with Gasteiger partial charge in [0.1, 0.15) is 54.9 Å². The Morgan fingerprint density at radius 1 is 0.493 bits per heavy atom. The first-order valence-electron chi connectivity index (χ1n) is 26.5. The third-order valence-electron chi connectivity index (χ3n) is 12.2. The van der Waals surface area contributed by atoms with E-state index in [1.54, 1.807) is 0 Å². The molecule has 11 unspecified atom stereocenters. The second kappa shape index (κ2) is 42.0. The van der Waals surface area contributed by atoms with Gasteiger partial charge in [-0.2, -0.15) is 0 Å². The molecule has 2 rings (SSSR count). The first kappa shape index (κ1) is 62.5. The van der Waals surface area contributed by atoms with Crippen molar-refractivity contribution in [2.24, 2.45) is 0 Å². The van der Waals surface area contributed by atoms with Crippen LogP contribution < -0.4 is 0 Å². The van der Waals surface area contributed by atoms with Gasteiger partial charge in [-0.05, 0) is 77.0 Å². The summed E-state index contributed by atoms with van der Waals surface area (Å²) in [6, 6.07) is 0. The lowest BCUT2D eigenvalue weighted by Gasteiger charge is -2.42. The third-order valence-corrected chi connectivity index (χ3v) is 12.2. The molecule has 0 radical (unpaired) electrons. The molecule has 0 aromatic carbocycles. The average Bonchev–Trinajstić information content (AvgIpc) is 3.35. The molecule has 398 valence electrons. The van der Waals surface area contributed by atoms with Gasteiger partial charge in [-0.25, -0.2) is 0 Å². The van der Waals surface area contributed by atoms with Gasteiger partial charge < -0.3 is 64.2 Å². The van der Waals surface area contributed by atoms with E-state index in [1.165, 1.54) is 70.6 Å². The molecule has 0 aromatic heterocycles. The molecule has 2 aliphatic heterocycles. The van der Waals surface area contributed by atoms with Crippen molar-refractivity contribution in [3.8, 4) is 0 Å². The molecule has 0 saturated carbocycles. The van der Waals surface area contributed by atoms with Gasteiger partial charge in [-0.1, -0.05) is 157 Å². The van der Waals surface area contributed by atoms with Crippen LogP contribution in [0, 0.1) is 0 Å². The molecular weight excluding hydrogens is 885 g/mol. The third kappa shape index (κ3) is 29.5. The van der Waals surface area contributed by atoms with Gasteiger partial charge in [-0.3, -0.25) is 4.79 Å². The van der Waals surface area contributed by atoms with E-state index in [0.717, 1.165) is 70.6 Å². The number of aliphatic hydroxyl groups is 7. The fourth-order valence-electron chi connectivity index (χ4n) is 7.91. The number of aliphatic hydroxyl groups excluding tert-OH is 7. The second-order valence-electron chi connectivity index (χ2n) is 18.3. The van der Waals surface area contributed by atoms with E-state index >= 15 is 0 Å². The Labute approximate surface area is 415 Å². The van der Waals surface area contributed by atoms with Gasteiger partial charge >= 0.3 is 5.97 Å². The summed E-state index contributed by atoms with van der Waals surface area (Å²) in [7, 11) is 0. The molecule has 14 nitrogen and oxygen atoms in total. The fourth-order valence-corrected chi connectivity index (χ4v) is 7.91. The van der Waals surface area contributed by atoms with Gasteiger partial charge in [0.15, 0.2) is 12.6 Å². The van der Waals surface area contributed by atoms with Crippen molar-refractivity contribution in [2.45, 2.75) is 235 Å². The Kier molecular flexibility index (Phi) is 38.1. The van der Waals surface area contributed by atoms with E-state index < -0.39 is 86.7 Å². The number of rotatable bonds is 41. The average molecular weight is 979 g/mol. The highest BCUT2D eigenvalue weighted by Gasteiger charge is 2.47. The Bertz CT molecular complexity index is 1410.